The van der Waals surface area contributed by atoms with Gasteiger partial charge in [0.15, 0.2) is 0 Å². The molecule has 0 radical (unpaired) electrons. The Morgan fingerprint density at radius 1 is 1.33 bits per heavy atom. The average Bonchev–Trinajstić information content (AvgIpc) is 1.96. The summed E-state index contributed by atoms with van der Waals surface area (Å²) in [7, 11) is 4.12. The topological polar surface area (TPSA) is 3.24 Å². The maximum atomic E-state index is 5.90. The third-order valence-corrected chi connectivity index (χ3v) is 2.15. The van der Waals surface area contributed by atoms with Gasteiger partial charge in [0, 0.05) is 11.6 Å². The maximum Gasteiger partial charge on any atom is 0.0435 e. The summed E-state index contributed by atoms with van der Waals surface area (Å²) >= 11 is 5.90. The Kier molecular flexibility index (Phi) is 3.12. The van der Waals surface area contributed by atoms with Crippen molar-refractivity contribution in [1.29, 1.82) is 0 Å². The van der Waals surface area contributed by atoms with Gasteiger partial charge in [0.05, 0.1) is 0 Å². The van der Waals surface area contributed by atoms with Crippen molar-refractivity contribution in [2.24, 2.45) is 0 Å². The van der Waals surface area contributed by atoms with Crippen molar-refractivity contribution < 1.29 is 0 Å². The van der Waals surface area contributed by atoms with Gasteiger partial charge < -0.3 is 4.90 Å². The monoisotopic (exact) mass is 183 g/mol. The molecule has 66 valence electrons. The fourth-order valence-corrected chi connectivity index (χ4v) is 1.29. The lowest BCUT2D eigenvalue weighted by Crippen LogP contribution is -2.10. The van der Waals surface area contributed by atoms with Gasteiger partial charge in [0.2, 0.25) is 0 Å². The Hall–Kier alpha value is -0.530. The molecule has 1 aromatic rings. The van der Waals surface area contributed by atoms with Crippen molar-refractivity contribution in [1.82, 2.24) is 4.90 Å². The predicted octanol–water partition coefficient (Wildman–Crippen LogP) is 2.71. The Morgan fingerprint density at radius 3 is 2.50 bits per heavy atom. The van der Waals surface area contributed by atoms with Crippen LogP contribution in [-0.2, 0) is 6.54 Å². The van der Waals surface area contributed by atoms with Crippen LogP contribution in [-0.4, -0.2) is 19.0 Å². The van der Waals surface area contributed by atoms with E-state index in [9.17, 15) is 0 Å². The van der Waals surface area contributed by atoms with Crippen molar-refractivity contribution in [2.45, 2.75) is 13.5 Å². The molecule has 1 nitrogen and oxygen atoms in total. The fraction of sp³-hybridized carbons (Fsp3) is 0.400. The molecule has 0 saturated carbocycles. The average molecular weight is 184 g/mol. The van der Waals surface area contributed by atoms with Gasteiger partial charge in [-0.3, -0.25) is 0 Å². The molecule has 0 saturated heterocycles. The van der Waals surface area contributed by atoms with E-state index in [1.807, 2.05) is 13.0 Å². The molecule has 0 amide bonds. The second kappa shape index (κ2) is 3.92. The van der Waals surface area contributed by atoms with Crippen LogP contribution in [0.3, 0.4) is 0 Å². The lowest BCUT2D eigenvalue weighted by Gasteiger charge is -2.10. The van der Waals surface area contributed by atoms with Crippen LogP contribution in [0.1, 0.15) is 11.1 Å². The van der Waals surface area contributed by atoms with Crippen LogP contribution < -0.4 is 0 Å². The number of rotatable bonds is 2. The Balaban J connectivity index is 2.82. The molecule has 0 heterocycles. The molecule has 2 heteroatoms. The van der Waals surface area contributed by atoms with Crippen molar-refractivity contribution in [3.63, 3.8) is 0 Å². The summed E-state index contributed by atoms with van der Waals surface area (Å²) in [6, 6.07) is 6.15. The summed E-state index contributed by atoms with van der Waals surface area (Å²) in [5, 5.41) is 0.845. The van der Waals surface area contributed by atoms with E-state index < -0.39 is 0 Å². The second-order valence-electron chi connectivity index (χ2n) is 3.32. The summed E-state index contributed by atoms with van der Waals surface area (Å²) in [6.07, 6.45) is 0. The van der Waals surface area contributed by atoms with Gasteiger partial charge in [-0.05, 0) is 38.2 Å². The van der Waals surface area contributed by atoms with Crippen molar-refractivity contribution in [3.8, 4) is 0 Å². The zero-order valence-corrected chi connectivity index (χ0v) is 8.52. The van der Waals surface area contributed by atoms with Gasteiger partial charge in [-0.2, -0.15) is 0 Å². The van der Waals surface area contributed by atoms with Crippen LogP contribution in [0, 0.1) is 6.92 Å². The van der Waals surface area contributed by atoms with Crippen molar-refractivity contribution in [3.05, 3.63) is 34.3 Å². The number of nitrogens with zero attached hydrogens (tertiary/aromatic N) is 1. The van der Waals surface area contributed by atoms with E-state index in [2.05, 4.69) is 31.1 Å². The van der Waals surface area contributed by atoms with Crippen LogP contribution in [0.4, 0.5) is 0 Å². The van der Waals surface area contributed by atoms with E-state index in [1.165, 1.54) is 5.56 Å². The molecule has 0 aliphatic carbocycles. The summed E-state index contributed by atoms with van der Waals surface area (Å²) in [5.74, 6) is 0. The molecule has 0 aromatic heterocycles. The molecule has 1 aromatic carbocycles. The molecule has 0 fully saturated rings. The van der Waals surface area contributed by atoms with E-state index in [1.54, 1.807) is 0 Å². The number of aryl methyl sites for hydroxylation is 1. The van der Waals surface area contributed by atoms with Crippen molar-refractivity contribution >= 4 is 11.6 Å². The lowest BCUT2D eigenvalue weighted by molar-refractivity contribution is 0.402. The smallest absolute Gasteiger partial charge is 0.0435 e. The Labute approximate surface area is 79.0 Å². The Bertz CT molecular complexity index is 269. The van der Waals surface area contributed by atoms with Gasteiger partial charge in [-0.1, -0.05) is 23.7 Å². The number of halogens is 1. The third-order valence-electron chi connectivity index (χ3n) is 1.72. The van der Waals surface area contributed by atoms with Gasteiger partial charge in [0.25, 0.3) is 0 Å². The Morgan fingerprint density at radius 2 is 2.00 bits per heavy atom. The van der Waals surface area contributed by atoms with Gasteiger partial charge in [-0.25, -0.2) is 0 Å². The highest BCUT2D eigenvalue weighted by molar-refractivity contribution is 6.31. The molecule has 12 heavy (non-hydrogen) atoms. The van der Waals surface area contributed by atoms with Crippen LogP contribution >= 0.6 is 11.6 Å². The second-order valence-corrected chi connectivity index (χ2v) is 3.73. The molecule has 0 unspecified atom stereocenters. The quantitative estimate of drug-likeness (QED) is 0.682. The first-order valence-electron chi connectivity index (χ1n) is 3.99. The number of hydrogen-bond acceptors (Lipinski definition) is 1. The van der Waals surface area contributed by atoms with E-state index >= 15 is 0 Å². The summed E-state index contributed by atoms with van der Waals surface area (Å²) < 4.78 is 0. The predicted molar refractivity (Wildman–Crippen MR) is 53.6 cm³/mol. The van der Waals surface area contributed by atoms with Crippen LogP contribution in [0.15, 0.2) is 18.2 Å². The molecule has 0 aliphatic heterocycles. The highest BCUT2D eigenvalue weighted by Crippen LogP contribution is 2.16. The normalized spacial score (nSPS) is 10.8. The largest absolute Gasteiger partial charge is 0.305 e. The molecule has 0 aliphatic rings. The van der Waals surface area contributed by atoms with Crippen molar-refractivity contribution in [2.75, 3.05) is 14.1 Å². The first-order chi connectivity index (χ1) is 5.59. The third kappa shape index (κ3) is 2.50. The molecular formula is C10H14ClN. The fourth-order valence-electron chi connectivity index (χ4n) is 1.17. The highest BCUT2D eigenvalue weighted by atomic mass is 35.5. The van der Waals surface area contributed by atoms with Gasteiger partial charge in [-0.15, -0.1) is 0 Å². The maximum absolute atomic E-state index is 5.90. The summed E-state index contributed by atoms with van der Waals surface area (Å²) in [4.78, 5) is 2.14. The molecule has 0 atom stereocenters. The highest BCUT2D eigenvalue weighted by Gasteiger charge is 1.98. The lowest BCUT2D eigenvalue weighted by atomic mass is 10.1. The van der Waals surface area contributed by atoms with Crippen LogP contribution in [0.25, 0.3) is 0 Å². The number of hydrogen-bond donors (Lipinski definition) is 0. The molecular weight excluding hydrogens is 170 g/mol. The van der Waals surface area contributed by atoms with E-state index in [0.717, 1.165) is 17.1 Å². The first kappa shape index (κ1) is 9.56. The first-order valence-corrected chi connectivity index (χ1v) is 4.37. The zero-order valence-electron chi connectivity index (χ0n) is 7.76. The van der Waals surface area contributed by atoms with Crippen LogP contribution in [0.5, 0.6) is 0 Å². The van der Waals surface area contributed by atoms with E-state index in [0.29, 0.717) is 0 Å². The van der Waals surface area contributed by atoms with E-state index in [-0.39, 0.29) is 0 Å². The molecule has 0 N–H and O–H groups in total. The van der Waals surface area contributed by atoms with E-state index in [4.69, 9.17) is 11.6 Å². The minimum atomic E-state index is 0.845. The minimum absolute atomic E-state index is 0.845. The zero-order chi connectivity index (χ0) is 9.14. The summed E-state index contributed by atoms with van der Waals surface area (Å²) in [5.41, 5.74) is 2.46. The van der Waals surface area contributed by atoms with Crippen LogP contribution in [0.2, 0.25) is 5.02 Å². The summed E-state index contributed by atoms with van der Waals surface area (Å²) in [6.45, 7) is 3.00. The number of benzene rings is 1. The SMILES string of the molecule is Cc1cc(CN(C)C)ccc1Cl. The minimum Gasteiger partial charge on any atom is -0.305 e. The standard InChI is InChI=1S/C10H14ClN/c1-8-6-9(7-12(2)3)4-5-10(8)11/h4-6H,7H2,1-3H3. The molecule has 0 bridgehead atoms. The molecule has 1 rings (SSSR count). The molecule has 0 spiro atoms. The van der Waals surface area contributed by atoms with Gasteiger partial charge >= 0.3 is 0 Å². The van der Waals surface area contributed by atoms with Gasteiger partial charge in [0.1, 0.15) is 0 Å².